The maximum absolute atomic E-state index is 14.2. The standard InChI is InChI=1S/C28H37FN4O5/c1-8-32(9-2)13-12-30-25(34)24-17(3)22(31-18(24)4)15-21-20-14-19(29)10-11-23(20)33(26(21)35)16-37-27(36)38-28(5,6)7/h10-11,14-15,31H,8-9,12-13,16H2,1-7H3,(H,30,34)/b21-15-. The Morgan fingerprint density at radius 3 is 2.50 bits per heavy atom. The van der Waals surface area contributed by atoms with E-state index in [1.807, 2.05) is 0 Å². The lowest BCUT2D eigenvalue weighted by Gasteiger charge is -2.21. The molecule has 9 nitrogen and oxygen atoms in total. The number of amides is 2. The van der Waals surface area contributed by atoms with Crippen LogP contribution >= 0.6 is 0 Å². The van der Waals surface area contributed by atoms with E-state index in [1.165, 1.54) is 23.1 Å². The number of H-pyrrole nitrogens is 1. The lowest BCUT2D eigenvalue weighted by molar-refractivity contribution is -0.113. The van der Waals surface area contributed by atoms with Crippen LogP contribution < -0.4 is 10.2 Å². The third kappa shape index (κ3) is 6.61. The maximum Gasteiger partial charge on any atom is 0.510 e. The highest BCUT2D eigenvalue weighted by Crippen LogP contribution is 2.38. The third-order valence-corrected chi connectivity index (χ3v) is 6.32. The smallest absolute Gasteiger partial charge is 0.429 e. The normalized spacial score (nSPS) is 14.3. The number of carbonyl (C=O) groups excluding carboxylic acids is 3. The second-order valence-electron chi connectivity index (χ2n) is 10.1. The van der Waals surface area contributed by atoms with Crippen molar-refractivity contribution in [2.75, 3.05) is 37.8 Å². The van der Waals surface area contributed by atoms with Crippen LogP contribution in [0, 0.1) is 19.7 Å². The fourth-order valence-electron chi connectivity index (χ4n) is 4.35. The molecule has 1 aliphatic rings. The molecule has 1 aliphatic heterocycles. The zero-order chi connectivity index (χ0) is 28.2. The summed E-state index contributed by atoms with van der Waals surface area (Å²) >= 11 is 0. The molecule has 1 aromatic carbocycles. The number of anilines is 1. The number of nitrogens with zero attached hydrogens (tertiary/aromatic N) is 2. The Bertz CT molecular complexity index is 1240. The van der Waals surface area contributed by atoms with Crippen molar-refractivity contribution < 1.29 is 28.2 Å². The van der Waals surface area contributed by atoms with Crippen molar-refractivity contribution in [1.29, 1.82) is 0 Å². The zero-order valence-electron chi connectivity index (χ0n) is 23.2. The van der Waals surface area contributed by atoms with E-state index in [0.29, 0.717) is 40.3 Å². The first-order valence-electron chi connectivity index (χ1n) is 12.7. The van der Waals surface area contributed by atoms with Crippen molar-refractivity contribution in [3.8, 4) is 0 Å². The highest BCUT2D eigenvalue weighted by molar-refractivity contribution is 6.35. The molecule has 0 unspecified atom stereocenters. The lowest BCUT2D eigenvalue weighted by Crippen LogP contribution is -2.35. The average Bonchev–Trinajstić information content (AvgIpc) is 3.26. The minimum atomic E-state index is -0.918. The molecule has 0 fully saturated rings. The molecule has 1 aromatic heterocycles. The largest absolute Gasteiger partial charge is 0.510 e. The summed E-state index contributed by atoms with van der Waals surface area (Å²) in [5, 5.41) is 2.96. The summed E-state index contributed by atoms with van der Waals surface area (Å²) in [5.74, 6) is -1.18. The van der Waals surface area contributed by atoms with Crippen LogP contribution in [0.3, 0.4) is 0 Å². The molecule has 206 valence electrons. The van der Waals surface area contributed by atoms with Gasteiger partial charge in [-0.3, -0.25) is 14.5 Å². The molecular formula is C28H37FN4O5. The van der Waals surface area contributed by atoms with Gasteiger partial charge in [-0.2, -0.15) is 0 Å². The van der Waals surface area contributed by atoms with Crippen molar-refractivity contribution in [2.45, 2.75) is 54.1 Å². The van der Waals surface area contributed by atoms with Crippen molar-refractivity contribution in [3.63, 3.8) is 0 Å². The van der Waals surface area contributed by atoms with E-state index in [4.69, 9.17) is 9.47 Å². The summed E-state index contributed by atoms with van der Waals surface area (Å²) in [6.07, 6.45) is 0.683. The number of fused-ring (bicyclic) bond motifs is 1. The van der Waals surface area contributed by atoms with Gasteiger partial charge >= 0.3 is 6.16 Å². The van der Waals surface area contributed by atoms with Crippen LogP contribution in [-0.2, 0) is 14.3 Å². The van der Waals surface area contributed by atoms with E-state index in [9.17, 15) is 18.8 Å². The molecule has 0 aliphatic carbocycles. The Morgan fingerprint density at radius 1 is 1.18 bits per heavy atom. The van der Waals surface area contributed by atoms with Crippen LogP contribution in [0.4, 0.5) is 14.9 Å². The van der Waals surface area contributed by atoms with Gasteiger partial charge in [-0.25, -0.2) is 9.18 Å². The second kappa shape index (κ2) is 11.8. The number of aryl methyl sites for hydroxylation is 1. The van der Waals surface area contributed by atoms with E-state index in [1.54, 1.807) is 40.7 Å². The van der Waals surface area contributed by atoms with Gasteiger partial charge in [-0.1, -0.05) is 13.8 Å². The first-order chi connectivity index (χ1) is 17.9. The number of rotatable bonds is 9. The van der Waals surface area contributed by atoms with Crippen LogP contribution in [0.5, 0.6) is 0 Å². The molecule has 0 saturated carbocycles. The highest BCUT2D eigenvalue weighted by Gasteiger charge is 2.34. The predicted molar refractivity (Wildman–Crippen MR) is 144 cm³/mol. The van der Waals surface area contributed by atoms with Crippen LogP contribution in [0.1, 0.15) is 67.5 Å². The van der Waals surface area contributed by atoms with Gasteiger partial charge in [0.2, 0.25) is 0 Å². The topological polar surface area (TPSA) is 104 Å². The number of aromatic amines is 1. The monoisotopic (exact) mass is 528 g/mol. The van der Waals surface area contributed by atoms with Crippen LogP contribution in [-0.4, -0.2) is 66.4 Å². The summed E-state index contributed by atoms with van der Waals surface area (Å²) < 4.78 is 24.5. The molecular weight excluding hydrogens is 491 g/mol. The minimum absolute atomic E-state index is 0.204. The van der Waals surface area contributed by atoms with Gasteiger partial charge in [0.25, 0.3) is 11.8 Å². The van der Waals surface area contributed by atoms with Crippen LogP contribution in [0.15, 0.2) is 18.2 Å². The van der Waals surface area contributed by atoms with Crippen molar-refractivity contribution in [3.05, 3.63) is 52.1 Å². The Hall–Kier alpha value is -3.66. The number of halogens is 1. The van der Waals surface area contributed by atoms with Gasteiger partial charge in [0, 0.05) is 30.0 Å². The van der Waals surface area contributed by atoms with Gasteiger partial charge in [-0.15, -0.1) is 0 Å². The van der Waals surface area contributed by atoms with E-state index in [-0.39, 0.29) is 11.5 Å². The lowest BCUT2D eigenvalue weighted by atomic mass is 10.0. The molecule has 38 heavy (non-hydrogen) atoms. The molecule has 2 amide bonds. The fourth-order valence-corrected chi connectivity index (χ4v) is 4.35. The molecule has 3 rings (SSSR count). The number of aromatic nitrogens is 1. The first-order valence-corrected chi connectivity index (χ1v) is 12.7. The highest BCUT2D eigenvalue weighted by atomic mass is 19.1. The number of hydrogen-bond donors (Lipinski definition) is 2. The number of benzene rings is 1. The van der Waals surface area contributed by atoms with Gasteiger partial charge in [0.15, 0.2) is 6.73 Å². The molecule has 0 atom stereocenters. The number of hydrogen-bond acceptors (Lipinski definition) is 6. The maximum atomic E-state index is 14.2. The van der Waals surface area contributed by atoms with Crippen molar-refractivity contribution in [1.82, 2.24) is 15.2 Å². The molecule has 2 heterocycles. The Kier molecular flexibility index (Phi) is 8.98. The summed E-state index contributed by atoms with van der Waals surface area (Å²) in [5.41, 5.74) is 2.62. The molecule has 0 bridgehead atoms. The SMILES string of the molecule is CCN(CC)CCNC(=O)c1c(C)[nH]c(/C=C2\C(=O)N(COC(=O)OC(C)(C)C)c3ccc(F)cc32)c1C. The van der Waals surface area contributed by atoms with E-state index in [0.717, 1.165) is 19.6 Å². The van der Waals surface area contributed by atoms with E-state index >= 15 is 0 Å². The summed E-state index contributed by atoms with van der Waals surface area (Å²) in [7, 11) is 0. The Labute approximate surface area is 223 Å². The van der Waals surface area contributed by atoms with E-state index < -0.39 is 30.2 Å². The zero-order valence-corrected chi connectivity index (χ0v) is 23.2. The number of nitrogens with one attached hydrogen (secondary N) is 2. The quantitative estimate of drug-likeness (QED) is 0.363. The van der Waals surface area contributed by atoms with Crippen LogP contribution in [0.2, 0.25) is 0 Å². The minimum Gasteiger partial charge on any atom is -0.429 e. The van der Waals surface area contributed by atoms with Gasteiger partial charge in [-0.05, 0) is 77.5 Å². The molecule has 0 saturated heterocycles. The second-order valence-corrected chi connectivity index (χ2v) is 10.1. The predicted octanol–water partition coefficient (Wildman–Crippen LogP) is 4.64. The van der Waals surface area contributed by atoms with Gasteiger partial charge < -0.3 is 24.7 Å². The fraction of sp³-hybridized carbons (Fsp3) is 0.464. The Balaban J connectivity index is 1.86. The molecule has 2 N–H and O–H groups in total. The van der Waals surface area contributed by atoms with E-state index in [2.05, 4.69) is 29.0 Å². The van der Waals surface area contributed by atoms with Gasteiger partial charge in [0.1, 0.15) is 11.4 Å². The summed E-state index contributed by atoms with van der Waals surface area (Å²) in [6.45, 7) is 15.5. The number of carbonyl (C=O) groups is 3. The Morgan fingerprint density at radius 2 is 1.87 bits per heavy atom. The third-order valence-electron chi connectivity index (χ3n) is 6.32. The van der Waals surface area contributed by atoms with Crippen molar-refractivity contribution >= 4 is 35.3 Å². The molecule has 2 aromatic rings. The molecule has 10 heteroatoms. The summed E-state index contributed by atoms with van der Waals surface area (Å²) in [4.78, 5) is 45.0. The number of likely N-dealkylation sites (N-methyl/N-ethyl adjacent to an activating group) is 1. The molecule has 0 radical (unpaired) electrons. The van der Waals surface area contributed by atoms with Crippen molar-refractivity contribution in [2.24, 2.45) is 0 Å². The van der Waals surface area contributed by atoms with Crippen LogP contribution in [0.25, 0.3) is 11.6 Å². The number of ether oxygens (including phenoxy) is 2. The summed E-state index contributed by atoms with van der Waals surface area (Å²) in [6, 6.07) is 3.96. The van der Waals surface area contributed by atoms with Gasteiger partial charge in [0.05, 0.1) is 16.8 Å². The average molecular weight is 529 g/mol. The first kappa shape index (κ1) is 28.9. The molecule has 0 spiro atoms.